The smallest absolute Gasteiger partial charge is 0.416 e. The van der Waals surface area contributed by atoms with Crippen LogP contribution in [0.3, 0.4) is 0 Å². The topological polar surface area (TPSA) is 55.8 Å². The predicted molar refractivity (Wildman–Crippen MR) is 98.8 cm³/mol. The van der Waals surface area contributed by atoms with Gasteiger partial charge in [-0.05, 0) is 29.2 Å². The molecule has 2 heterocycles. The predicted octanol–water partition coefficient (Wildman–Crippen LogP) is 3.98. The van der Waals surface area contributed by atoms with Crippen LogP contribution in [0.15, 0.2) is 30.3 Å². The van der Waals surface area contributed by atoms with Gasteiger partial charge in [-0.15, -0.1) is 0 Å². The molecule has 0 spiro atoms. The zero-order chi connectivity index (χ0) is 18.9. The van der Waals surface area contributed by atoms with Crippen molar-refractivity contribution in [2.45, 2.75) is 58.6 Å². The maximum absolute atomic E-state index is 12.9. The molecule has 0 unspecified atom stereocenters. The molecule has 0 radical (unpaired) electrons. The van der Waals surface area contributed by atoms with Crippen LogP contribution in [0.5, 0.6) is 0 Å². The van der Waals surface area contributed by atoms with Crippen LogP contribution in [-0.2, 0) is 14.3 Å². The normalized spacial score (nSPS) is 29.5. The van der Waals surface area contributed by atoms with Gasteiger partial charge in [0.2, 0.25) is 5.91 Å². The molecule has 5 heteroatoms. The molecule has 142 valence electrons. The van der Waals surface area contributed by atoms with Gasteiger partial charge in [-0.2, -0.15) is 0 Å². The summed E-state index contributed by atoms with van der Waals surface area (Å²) < 4.78 is 11.1. The van der Waals surface area contributed by atoms with Crippen LogP contribution in [0.1, 0.15) is 52.0 Å². The van der Waals surface area contributed by atoms with Gasteiger partial charge >= 0.3 is 6.09 Å². The summed E-state index contributed by atoms with van der Waals surface area (Å²) in [5.74, 6) is 0.381. The zero-order valence-electron chi connectivity index (χ0n) is 16.1. The molecule has 0 aromatic heterocycles. The van der Waals surface area contributed by atoms with E-state index in [1.165, 1.54) is 10.5 Å². The van der Waals surface area contributed by atoms with Gasteiger partial charge in [0, 0.05) is 6.61 Å². The zero-order valence-corrected chi connectivity index (χ0v) is 16.1. The lowest BCUT2D eigenvalue weighted by atomic mass is 9.79. The first kappa shape index (κ1) is 18.9. The minimum Gasteiger partial charge on any atom is -0.447 e. The van der Waals surface area contributed by atoms with Crippen molar-refractivity contribution in [3.05, 3.63) is 35.9 Å². The first-order chi connectivity index (χ1) is 12.3. The Morgan fingerprint density at radius 2 is 1.92 bits per heavy atom. The van der Waals surface area contributed by atoms with Crippen molar-refractivity contribution in [3.63, 3.8) is 0 Å². The molecule has 3 rings (SSSR count). The Bertz CT molecular complexity index is 652. The summed E-state index contributed by atoms with van der Waals surface area (Å²) in [6, 6.07) is 10.2. The van der Waals surface area contributed by atoms with Gasteiger partial charge in [-0.1, -0.05) is 58.0 Å². The van der Waals surface area contributed by atoms with E-state index in [4.69, 9.17) is 9.47 Å². The van der Waals surface area contributed by atoms with E-state index in [1.54, 1.807) is 0 Å². The molecule has 26 heavy (non-hydrogen) atoms. The van der Waals surface area contributed by atoms with Gasteiger partial charge in [-0.3, -0.25) is 4.79 Å². The van der Waals surface area contributed by atoms with Gasteiger partial charge in [-0.25, -0.2) is 9.69 Å². The molecule has 0 aliphatic carbocycles. The summed E-state index contributed by atoms with van der Waals surface area (Å²) in [6.45, 7) is 9.09. The molecule has 2 fully saturated rings. The quantitative estimate of drug-likeness (QED) is 0.819. The largest absolute Gasteiger partial charge is 0.447 e. The molecule has 2 aliphatic heterocycles. The van der Waals surface area contributed by atoms with Crippen molar-refractivity contribution >= 4 is 12.0 Å². The number of imide groups is 1. The third kappa shape index (κ3) is 3.78. The lowest BCUT2D eigenvalue weighted by Crippen LogP contribution is -2.48. The summed E-state index contributed by atoms with van der Waals surface area (Å²) >= 11 is 0. The molecule has 4 atom stereocenters. The van der Waals surface area contributed by atoms with Crippen LogP contribution in [0.4, 0.5) is 4.79 Å². The van der Waals surface area contributed by atoms with Crippen molar-refractivity contribution in [2.24, 2.45) is 11.3 Å². The second kappa shape index (κ2) is 7.39. The average molecular weight is 359 g/mol. The highest BCUT2D eigenvalue weighted by molar-refractivity contribution is 5.93. The summed E-state index contributed by atoms with van der Waals surface area (Å²) in [4.78, 5) is 26.3. The number of nitrogens with zero attached hydrogens (tertiary/aromatic N) is 1. The number of cyclic esters (lactones) is 1. The van der Waals surface area contributed by atoms with Crippen LogP contribution in [0, 0.1) is 11.3 Å². The first-order valence-electron chi connectivity index (χ1n) is 9.44. The fourth-order valence-corrected chi connectivity index (χ4v) is 4.04. The van der Waals surface area contributed by atoms with Crippen LogP contribution in [0.2, 0.25) is 0 Å². The van der Waals surface area contributed by atoms with Crippen LogP contribution < -0.4 is 0 Å². The molecule has 2 aliphatic rings. The van der Waals surface area contributed by atoms with Gasteiger partial charge in [0.1, 0.15) is 6.61 Å². The monoisotopic (exact) mass is 359 g/mol. The third-order valence-corrected chi connectivity index (χ3v) is 5.73. The molecule has 2 amide bonds. The number of carbonyl (C=O) groups is 2. The fraction of sp³-hybridized carbons (Fsp3) is 0.619. The van der Waals surface area contributed by atoms with Gasteiger partial charge in [0.25, 0.3) is 0 Å². The highest BCUT2D eigenvalue weighted by atomic mass is 16.6. The van der Waals surface area contributed by atoms with Gasteiger partial charge in [0.05, 0.1) is 18.6 Å². The molecule has 1 aromatic rings. The van der Waals surface area contributed by atoms with Crippen molar-refractivity contribution < 1.29 is 19.1 Å². The Balaban J connectivity index is 1.71. The molecule has 5 nitrogen and oxygen atoms in total. The first-order valence-corrected chi connectivity index (χ1v) is 9.44. The number of rotatable bonds is 3. The fourth-order valence-electron chi connectivity index (χ4n) is 4.04. The highest BCUT2D eigenvalue weighted by Crippen LogP contribution is 2.37. The number of hydrogen-bond donors (Lipinski definition) is 0. The molecular weight excluding hydrogens is 330 g/mol. The van der Waals surface area contributed by atoms with Crippen molar-refractivity contribution in [3.8, 4) is 0 Å². The summed E-state index contributed by atoms with van der Waals surface area (Å²) in [5.41, 5.74) is 1.07. The second-order valence-corrected chi connectivity index (χ2v) is 8.50. The van der Waals surface area contributed by atoms with E-state index < -0.39 is 6.09 Å². The van der Waals surface area contributed by atoms with Crippen molar-refractivity contribution in [1.82, 2.24) is 4.90 Å². The molecular formula is C21H29NO4. The SMILES string of the molecule is C[C@@H]1[C@H](CC(=O)N2C(=O)OC[C@@H]2C(C)(C)C)OCC[C@H]1c1ccccc1. The lowest BCUT2D eigenvalue weighted by Gasteiger charge is -2.37. The van der Waals surface area contributed by atoms with Crippen molar-refractivity contribution in [2.75, 3.05) is 13.2 Å². The number of carbonyl (C=O) groups excluding carboxylic acids is 2. The third-order valence-electron chi connectivity index (χ3n) is 5.73. The minimum absolute atomic E-state index is 0.185. The highest BCUT2D eigenvalue weighted by Gasteiger charge is 2.45. The average Bonchev–Trinajstić information content (AvgIpc) is 2.99. The van der Waals surface area contributed by atoms with E-state index in [-0.39, 0.29) is 42.4 Å². The number of ether oxygens (including phenoxy) is 2. The summed E-state index contributed by atoms with van der Waals surface area (Å²) in [5, 5.41) is 0. The van der Waals surface area contributed by atoms with E-state index in [9.17, 15) is 9.59 Å². The summed E-state index contributed by atoms with van der Waals surface area (Å²) in [6.07, 6.45) is 0.451. The number of amides is 2. The van der Waals surface area contributed by atoms with E-state index in [0.717, 1.165) is 6.42 Å². The van der Waals surface area contributed by atoms with Crippen molar-refractivity contribution in [1.29, 1.82) is 0 Å². The maximum Gasteiger partial charge on any atom is 0.416 e. The maximum atomic E-state index is 12.9. The second-order valence-electron chi connectivity index (χ2n) is 8.50. The van der Waals surface area contributed by atoms with E-state index in [0.29, 0.717) is 12.5 Å². The van der Waals surface area contributed by atoms with E-state index in [2.05, 4.69) is 19.1 Å². The van der Waals surface area contributed by atoms with E-state index >= 15 is 0 Å². The molecule has 0 N–H and O–H groups in total. The molecule has 2 saturated heterocycles. The Morgan fingerprint density at radius 3 is 2.58 bits per heavy atom. The molecule has 0 saturated carbocycles. The Labute approximate surface area is 155 Å². The molecule has 1 aromatic carbocycles. The Hall–Kier alpha value is -1.88. The minimum atomic E-state index is -0.530. The lowest BCUT2D eigenvalue weighted by molar-refractivity contribution is -0.136. The van der Waals surface area contributed by atoms with Crippen LogP contribution in [-0.4, -0.2) is 42.3 Å². The Kier molecular flexibility index (Phi) is 5.37. The van der Waals surface area contributed by atoms with E-state index in [1.807, 2.05) is 39.0 Å². The van der Waals surface area contributed by atoms with Crippen LogP contribution in [0.25, 0.3) is 0 Å². The number of benzene rings is 1. The van der Waals surface area contributed by atoms with Gasteiger partial charge in [0.15, 0.2) is 0 Å². The number of hydrogen-bond acceptors (Lipinski definition) is 4. The van der Waals surface area contributed by atoms with Gasteiger partial charge < -0.3 is 9.47 Å². The Morgan fingerprint density at radius 1 is 1.23 bits per heavy atom. The molecule has 0 bridgehead atoms. The standard InChI is InChI=1S/C21H29NO4/c1-14-16(15-8-6-5-7-9-15)10-11-25-17(14)12-19(23)22-18(21(2,3)4)13-26-20(22)24/h5-9,14,16-18H,10-13H2,1-4H3/t14-,16+,17-,18+/m0/s1. The summed E-state index contributed by atoms with van der Waals surface area (Å²) in [7, 11) is 0. The van der Waals surface area contributed by atoms with Crippen LogP contribution >= 0.6 is 0 Å².